The van der Waals surface area contributed by atoms with Crippen molar-refractivity contribution >= 4 is 22.5 Å². The number of hydrogen-bond acceptors (Lipinski definition) is 4. The predicted octanol–water partition coefficient (Wildman–Crippen LogP) is 3.33. The number of hydrogen-bond donors (Lipinski definition) is 2. The topological polar surface area (TPSA) is 90.7 Å². The van der Waals surface area contributed by atoms with Crippen molar-refractivity contribution in [2.24, 2.45) is 10.2 Å². The number of aromatic hydroxyl groups is 1. The van der Waals surface area contributed by atoms with Gasteiger partial charge in [-0.1, -0.05) is 0 Å². The SMILES string of the molecule is O=C(N=Nc1c(O)[nH]c2ccc(F)cc12)c1ccncc1. The van der Waals surface area contributed by atoms with E-state index in [1.807, 2.05) is 0 Å². The third-order valence-corrected chi connectivity index (χ3v) is 2.88. The van der Waals surface area contributed by atoms with E-state index in [4.69, 9.17) is 0 Å². The standard InChI is InChI=1S/C14H9FN4O2/c15-9-1-2-11-10(7-9)12(14(21)17-11)18-19-13(20)8-3-5-16-6-4-8/h1-7,17,21H. The quantitative estimate of drug-likeness (QED) is 0.707. The van der Waals surface area contributed by atoms with Crippen LogP contribution in [0.3, 0.4) is 0 Å². The zero-order valence-electron chi connectivity index (χ0n) is 10.6. The zero-order valence-corrected chi connectivity index (χ0v) is 10.6. The fraction of sp³-hybridized carbons (Fsp3) is 0. The van der Waals surface area contributed by atoms with Crippen molar-refractivity contribution in [2.75, 3.05) is 0 Å². The van der Waals surface area contributed by atoms with E-state index in [0.29, 0.717) is 16.5 Å². The number of carbonyl (C=O) groups is 1. The Labute approximate surface area is 118 Å². The van der Waals surface area contributed by atoms with Crippen LogP contribution in [0, 0.1) is 5.82 Å². The van der Waals surface area contributed by atoms with Crippen LogP contribution in [0.1, 0.15) is 10.4 Å². The number of aromatic amines is 1. The molecule has 0 spiro atoms. The summed E-state index contributed by atoms with van der Waals surface area (Å²) in [5.41, 5.74) is 0.838. The molecule has 1 amide bonds. The summed E-state index contributed by atoms with van der Waals surface area (Å²) in [6.45, 7) is 0. The molecule has 0 saturated carbocycles. The van der Waals surface area contributed by atoms with Crippen LogP contribution >= 0.6 is 0 Å². The number of pyridine rings is 1. The summed E-state index contributed by atoms with van der Waals surface area (Å²) in [5.74, 6) is -1.33. The second kappa shape index (κ2) is 5.12. The molecule has 2 aromatic heterocycles. The lowest BCUT2D eigenvalue weighted by atomic mass is 10.2. The number of rotatable bonds is 2. The maximum Gasteiger partial charge on any atom is 0.295 e. The summed E-state index contributed by atoms with van der Waals surface area (Å²) in [5, 5.41) is 17.4. The van der Waals surface area contributed by atoms with Gasteiger partial charge in [0.25, 0.3) is 5.91 Å². The van der Waals surface area contributed by atoms with E-state index < -0.39 is 11.7 Å². The van der Waals surface area contributed by atoms with Gasteiger partial charge in [0, 0.05) is 23.3 Å². The number of aromatic nitrogens is 2. The number of amides is 1. The molecule has 7 heteroatoms. The third kappa shape index (κ3) is 2.48. The second-order valence-corrected chi connectivity index (χ2v) is 4.25. The molecule has 0 aliphatic rings. The Bertz CT molecular complexity index is 843. The Kier molecular flexibility index (Phi) is 3.15. The van der Waals surface area contributed by atoms with Crippen LogP contribution in [0.25, 0.3) is 10.9 Å². The summed E-state index contributed by atoms with van der Waals surface area (Å²) >= 11 is 0. The Morgan fingerprint density at radius 3 is 2.76 bits per heavy atom. The molecule has 104 valence electrons. The normalized spacial score (nSPS) is 11.3. The third-order valence-electron chi connectivity index (χ3n) is 2.88. The molecule has 0 saturated heterocycles. The Morgan fingerprint density at radius 2 is 2.00 bits per heavy atom. The van der Waals surface area contributed by atoms with Gasteiger partial charge in [0.15, 0.2) is 5.69 Å². The predicted molar refractivity (Wildman–Crippen MR) is 73.0 cm³/mol. The van der Waals surface area contributed by atoms with Crippen molar-refractivity contribution in [1.82, 2.24) is 9.97 Å². The van der Waals surface area contributed by atoms with Gasteiger partial charge in [-0.15, -0.1) is 10.2 Å². The number of benzene rings is 1. The molecule has 0 aliphatic heterocycles. The highest BCUT2D eigenvalue weighted by atomic mass is 19.1. The molecular weight excluding hydrogens is 275 g/mol. The lowest BCUT2D eigenvalue weighted by molar-refractivity contribution is 0.0995. The Balaban J connectivity index is 1.98. The van der Waals surface area contributed by atoms with Gasteiger partial charge in [-0.05, 0) is 30.3 Å². The van der Waals surface area contributed by atoms with Crippen molar-refractivity contribution in [3.05, 3.63) is 54.1 Å². The highest BCUT2D eigenvalue weighted by molar-refractivity contribution is 5.96. The van der Waals surface area contributed by atoms with Gasteiger partial charge in [0.05, 0.1) is 5.52 Å². The second-order valence-electron chi connectivity index (χ2n) is 4.25. The van der Waals surface area contributed by atoms with Crippen LogP contribution in [0.2, 0.25) is 0 Å². The van der Waals surface area contributed by atoms with Crippen molar-refractivity contribution in [3.63, 3.8) is 0 Å². The van der Waals surface area contributed by atoms with E-state index in [1.54, 1.807) is 0 Å². The number of carbonyl (C=O) groups excluding carboxylic acids is 1. The van der Waals surface area contributed by atoms with Gasteiger partial charge in [0.2, 0.25) is 5.88 Å². The number of halogens is 1. The van der Waals surface area contributed by atoms with E-state index >= 15 is 0 Å². The molecule has 3 aromatic rings. The van der Waals surface area contributed by atoms with Gasteiger partial charge in [-0.2, -0.15) is 0 Å². The number of nitrogens with one attached hydrogen (secondary N) is 1. The van der Waals surface area contributed by atoms with Crippen LogP contribution in [0.15, 0.2) is 53.0 Å². The smallest absolute Gasteiger partial charge is 0.295 e. The largest absolute Gasteiger partial charge is 0.493 e. The van der Waals surface area contributed by atoms with E-state index in [1.165, 1.54) is 42.7 Å². The van der Waals surface area contributed by atoms with Crippen molar-refractivity contribution in [2.45, 2.75) is 0 Å². The van der Waals surface area contributed by atoms with Gasteiger partial charge >= 0.3 is 0 Å². The van der Waals surface area contributed by atoms with Crippen LogP contribution in [-0.4, -0.2) is 21.0 Å². The lowest BCUT2D eigenvalue weighted by Crippen LogP contribution is -1.92. The van der Waals surface area contributed by atoms with E-state index in [0.717, 1.165) is 0 Å². The van der Waals surface area contributed by atoms with Crippen LogP contribution in [0.5, 0.6) is 5.88 Å². The number of fused-ring (bicyclic) bond motifs is 1. The summed E-state index contributed by atoms with van der Waals surface area (Å²) in [7, 11) is 0. The van der Waals surface area contributed by atoms with Crippen molar-refractivity contribution in [3.8, 4) is 5.88 Å². The van der Waals surface area contributed by atoms with Gasteiger partial charge < -0.3 is 10.1 Å². The van der Waals surface area contributed by atoms with E-state index in [-0.39, 0.29) is 11.6 Å². The minimum Gasteiger partial charge on any atom is -0.493 e. The monoisotopic (exact) mass is 284 g/mol. The van der Waals surface area contributed by atoms with Crippen molar-refractivity contribution in [1.29, 1.82) is 0 Å². The highest BCUT2D eigenvalue weighted by Crippen LogP contribution is 2.35. The van der Waals surface area contributed by atoms with Gasteiger partial charge in [-0.3, -0.25) is 9.78 Å². The summed E-state index contributed by atoms with van der Waals surface area (Å²) in [4.78, 5) is 18.2. The molecule has 0 bridgehead atoms. The Morgan fingerprint density at radius 1 is 1.24 bits per heavy atom. The van der Waals surface area contributed by atoms with Crippen LogP contribution in [-0.2, 0) is 0 Å². The Hall–Kier alpha value is -3.09. The molecule has 6 nitrogen and oxygen atoms in total. The van der Waals surface area contributed by atoms with Crippen molar-refractivity contribution < 1.29 is 14.3 Å². The molecule has 0 atom stereocenters. The summed E-state index contributed by atoms with van der Waals surface area (Å²) in [6.07, 6.45) is 2.92. The van der Waals surface area contributed by atoms with Crippen LogP contribution in [0.4, 0.5) is 10.1 Å². The maximum atomic E-state index is 13.2. The lowest BCUT2D eigenvalue weighted by Gasteiger charge is -1.93. The molecule has 0 radical (unpaired) electrons. The molecular formula is C14H9FN4O2. The first-order valence-electron chi connectivity index (χ1n) is 6.01. The molecule has 1 aromatic carbocycles. The van der Waals surface area contributed by atoms with Crippen LogP contribution < -0.4 is 0 Å². The molecule has 0 aliphatic carbocycles. The van der Waals surface area contributed by atoms with E-state index in [2.05, 4.69) is 20.2 Å². The minimum atomic E-state index is -0.581. The van der Waals surface area contributed by atoms with E-state index in [9.17, 15) is 14.3 Å². The first-order chi connectivity index (χ1) is 10.1. The number of H-pyrrole nitrogens is 1. The fourth-order valence-corrected chi connectivity index (χ4v) is 1.88. The molecule has 3 rings (SSSR count). The zero-order chi connectivity index (χ0) is 14.8. The summed E-state index contributed by atoms with van der Waals surface area (Å²) in [6, 6.07) is 6.92. The minimum absolute atomic E-state index is 0.0203. The molecule has 0 unspecified atom stereocenters. The average molecular weight is 284 g/mol. The average Bonchev–Trinajstić information content (AvgIpc) is 2.80. The van der Waals surface area contributed by atoms with Gasteiger partial charge in [-0.25, -0.2) is 4.39 Å². The molecule has 21 heavy (non-hydrogen) atoms. The van der Waals surface area contributed by atoms with Gasteiger partial charge in [0.1, 0.15) is 5.82 Å². The molecule has 2 N–H and O–H groups in total. The first kappa shape index (κ1) is 12.9. The highest BCUT2D eigenvalue weighted by Gasteiger charge is 2.12. The maximum absolute atomic E-state index is 13.2. The number of azo groups is 1. The molecule has 0 fully saturated rings. The first-order valence-corrected chi connectivity index (χ1v) is 6.01. The fourth-order valence-electron chi connectivity index (χ4n) is 1.88. The molecule has 2 heterocycles. The summed E-state index contributed by atoms with van der Waals surface area (Å²) < 4.78 is 13.2. The number of nitrogens with zero attached hydrogens (tertiary/aromatic N) is 3.